The van der Waals surface area contributed by atoms with Gasteiger partial charge >= 0.3 is 0 Å². The van der Waals surface area contributed by atoms with Crippen LogP contribution in [0.15, 0.2) is 41.7 Å². The van der Waals surface area contributed by atoms with Gasteiger partial charge in [0.25, 0.3) is 5.56 Å². The minimum Gasteiger partial charge on any atom is -0.490 e. The van der Waals surface area contributed by atoms with Crippen LogP contribution in [0.4, 0.5) is 0 Å². The van der Waals surface area contributed by atoms with Crippen LogP contribution in [-0.4, -0.2) is 28.5 Å². The van der Waals surface area contributed by atoms with Crippen LogP contribution in [0.3, 0.4) is 0 Å². The van der Waals surface area contributed by atoms with Crippen molar-refractivity contribution in [1.82, 2.24) is 14.9 Å². The summed E-state index contributed by atoms with van der Waals surface area (Å²) in [6.07, 6.45) is 4.94. The Morgan fingerprint density at radius 3 is 2.90 bits per heavy atom. The third-order valence-corrected chi connectivity index (χ3v) is 7.11. The van der Waals surface area contributed by atoms with E-state index in [0.29, 0.717) is 12.5 Å². The quantitative estimate of drug-likeness (QED) is 0.551. The topological polar surface area (TPSA) is 58.2 Å². The van der Waals surface area contributed by atoms with E-state index in [-0.39, 0.29) is 11.6 Å². The van der Waals surface area contributed by atoms with Crippen LogP contribution in [0.1, 0.15) is 48.1 Å². The molecule has 0 spiro atoms. The van der Waals surface area contributed by atoms with E-state index in [1.54, 1.807) is 17.4 Å². The standard InChI is InChI=1S/C24H29N3O2S/c1-5-12-29-18-9-7-17(8-10-18)14-27(4)16(3)22-25-23(28)21-19-11-6-15(2)13-20(19)30-24(21)26-22/h5,7-10,15-16H,1,6,11-14H2,2-4H3,(H,25,26,28)/t15-,16-/m0/s1. The molecule has 0 unspecified atom stereocenters. The van der Waals surface area contributed by atoms with Crippen molar-refractivity contribution >= 4 is 21.6 Å². The van der Waals surface area contributed by atoms with Crippen molar-refractivity contribution < 1.29 is 4.74 Å². The minimum absolute atomic E-state index is 0.00292. The van der Waals surface area contributed by atoms with Gasteiger partial charge in [-0.2, -0.15) is 0 Å². The lowest BCUT2D eigenvalue weighted by molar-refractivity contribution is 0.244. The van der Waals surface area contributed by atoms with Gasteiger partial charge in [-0.1, -0.05) is 31.7 Å². The molecule has 0 aliphatic heterocycles. The first-order valence-corrected chi connectivity index (χ1v) is 11.3. The molecule has 0 saturated heterocycles. The van der Waals surface area contributed by atoms with Gasteiger partial charge in [0.05, 0.1) is 11.4 Å². The maximum Gasteiger partial charge on any atom is 0.259 e. The molecule has 6 heteroatoms. The second kappa shape index (κ2) is 8.74. The number of aromatic amines is 1. The first-order chi connectivity index (χ1) is 14.5. The number of ether oxygens (including phenoxy) is 1. The highest BCUT2D eigenvalue weighted by molar-refractivity contribution is 7.18. The second-order valence-corrected chi connectivity index (χ2v) is 9.40. The molecule has 3 aromatic rings. The van der Waals surface area contributed by atoms with Gasteiger partial charge in [-0.05, 0) is 62.4 Å². The minimum atomic E-state index is -0.00292. The Morgan fingerprint density at radius 1 is 1.40 bits per heavy atom. The molecule has 1 aliphatic rings. The molecule has 0 saturated carbocycles. The van der Waals surface area contributed by atoms with Crippen LogP contribution in [-0.2, 0) is 19.4 Å². The fourth-order valence-electron chi connectivity index (χ4n) is 4.04. The highest BCUT2D eigenvalue weighted by atomic mass is 32.1. The molecule has 0 bridgehead atoms. The highest BCUT2D eigenvalue weighted by Gasteiger charge is 2.24. The normalized spacial score (nSPS) is 17.1. The lowest BCUT2D eigenvalue weighted by atomic mass is 9.89. The Kier molecular flexibility index (Phi) is 6.06. The summed E-state index contributed by atoms with van der Waals surface area (Å²) in [5.74, 6) is 2.25. The summed E-state index contributed by atoms with van der Waals surface area (Å²) >= 11 is 1.70. The Bertz CT molecular complexity index is 1100. The summed E-state index contributed by atoms with van der Waals surface area (Å²) in [5.41, 5.74) is 2.42. The highest BCUT2D eigenvalue weighted by Crippen LogP contribution is 2.36. The number of aryl methyl sites for hydroxylation is 1. The van der Waals surface area contributed by atoms with Crippen molar-refractivity contribution in [3.63, 3.8) is 0 Å². The first-order valence-electron chi connectivity index (χ1n) is 10.5. The maximum absolute atomic E-state index is 12.9. The SMILES string of the molecule is C=CCOc1ccc(CN(C)[C@@H](C)c2nc3sc4c(c3c(=O)[nH]2)CC[C@H](C)C4)cc1. The second-order valence-electron chi connectivity index (χ2n) is 8.32. The lowest BCUT2D eigenvalue weighted by Crippen LogP contribution is -2.26. The number of fused-ring (bicyclic) bond motifs is 3. The average Bonchev–Trinajstić information content (AvgIpc) is 3.10. The summed E-state index contributed by atoms with van der Waals surface area (Å²) in [6.45, 7) is 9.29. The predicted molar refractivity (Wildman–Crippen MR) is 123 cm³/mol. The van der Waals surface area contributed by atoms with E-state index in [1.807, 2.05) is 12.1 Å². The van der Waals surface area contributed by atoms with Crippen LogP contribution >= 0.6 is 11.3 Å². The molecule has 1 N–H and O–H groups in total. The first kappa shape index (κ1) is 20.8. The fourth-order valence-corrected chi connectivity index (χ4v) is 5.43. The molecule has 2 atom stereocenters. The average molecular weight is 424 g/mol. The zero-order valence-corrected chi connectivity index (χ0v) is 18.7. The Hall–Kier alpha value is -2.44. The van der Waals surface area contributed by atoms with Crippen LogP contribution < -0.4 is 10.3 Å². The summed E-state index contributed by atoms with van der Waals surface area (Å²) in [5, 5.41) is 0.815. The van der Waals surface area contributed by atoms with Gasteiger partial charge in [0.1, 0.15) is 23.0 Å². The molecular weight excluding hydrogens is 394 g/mol. The number of benzene rings is 1. The molecule has 2 heterocycles. The number of aromatic nitrogens is 2. The molecular formula is C24H29N3O2S. The van der Waals surface area contributed by atoms with E-state index in [0.717, 1.165) is 47.6 Å². The summed E-state index contributed by atoms with van der Waals surface area (Å²) < 4.78 is 5.55. The maximum atomic E-state index is 12.9. The number of thiophene rings is 1. The number of rotatable bonds is 7. The Balaban J connectivity index is 1.53. The molecule has 158 valence electrons. The Labute approximate surface area is 181 Å². The summed E-state index contributed by atoms with van der Waals surface area (Å²) in [4.78, 5) is 25.3. The zero-order chi connectivity index (χ0) is 21.3. The number of nitrogens with one attached hydrogen (secondary N) is 1. The van der Waals surface area contributed by atoms with Crippen LogP contribution in [0, 0.1) is 5.92 Å². The fraction of sp³-hybridized carbons (Fsp3) is 0.417. The van der Waals surface area contributed by atoms with Crippen LogP contribution in [0.25, 0.3) is 10.2 Å². The van der Waals surface area contributed by atoms with Gasteiger partial charge in [-0.25, -0.2) is 4.98 Å². The van der Waals surface area contributed by atoms with Crippen molar-refractivity contribution in [2.75, 3.05) is 13.7 Å². The molecule has 0 radical (unpaired) electrons. The molecule has 1 aliphatic carbocycles. The van der Waals surface area contributed by atoms with Gasteiger partial charge < -0.3 is 9.72 Å². The van der Waals surface area contributed by atoms with E-state index in [4.69, 9.17) is 9.72 Å². The van der Waals surface area contributed by atoms with Gasteiger partial charge in [0.15, 0.2) is 0 Å². The van der Waals surface area contributed by atoms with Crippen LogP contribution in [0.2, 0.25) is 0 Å². The van der Waals surface area contributed by atoms with E-state index in [1.165, 1.54) is 16.0 Å². The van der Waals surface area contributed by atoms with Crippen molar-refractivity contribution in [2.45, 2.75) is 45.7 Å². The third kappa shape index (κ3) is 4.20. The zero-order valence-electron chi connectivity index (χ0n) is 17.9. The molecule has 5 nitrogen and oxygen atoms in total. The lowest BCUT2D eigenvalue weighted by Gasteiger charge is -2.24. The molecule has 0 fully saturated rings. The van der Waals surface area contributed by atoms with E-state index in [9.17, 15) is 4.79 Å². The molecule has 30 heavy (non-hydrogen) atoms. The smallest absolute Gasteiger partial charge is 0.259 e. The van der Waals surface area contributed by atoms with Gasteiger partial charge in [-0.15, -0.1) is 11.3 Å². The third-order valence-electron chi connectivity index (χ3n) is 5.96. The van der Waals surface area contributed by atoms with E-state index < -0.39 is 0 Å². The molecule has 0 amide bonds. The largest absolute Gasteiger partial charge is 0.490 e. The van der Waals surface area contributed by atoms with E-state index >= 15 is 0 Å². The summed E-state index contributed by atoms with van der Waals surface area (Å²) in [7, 11) is 2.05. The number of hydrogen-bond donors (Lipinski definition) is 1. The predicted octanol–water partition coefficient (Wildman–Crippen LogP) is 4.87. The van der Waals surface area contributed by atoms with Crippen LogP contribution in [0.5, 0.6) is 5.75 Å². The van der Waals surface area contributed by atoms with Gasteiger partial charge in [0, 0.05) is 11.4 Å². The number of H-pyrrole nitrogens is 1. The summed E-state index contributed by atoms with van der Waals surface area (Å²) in [6, 6.07) is 8.07. The van der Waals surface area contributed by atoms with Crippen molar-refractivity contribution in [2.24, 2.45) is 5.92 Å². The monoisotopic (exact) mass is 423 g/mol. The van der Waals surface area contributed by atoms with Gasteiger partial charge in [-0.3, -0.25) is 9.69 Å². The molecule has 1 aromatic carbocycles. The Morgan fingerprint density at radius 2 is 2.17 bits per heavy atom. The number of hydrogen-bond acceptors (Lipinski definition) is 5. The van der Waals surface area contributed by atoms with E-state index in [2.05, 4.69) is 49.5 Å². The van der Waals surface area contributed by atoms with Crippen molar-refractivity contribution in [1.29, 1.82) is 0 Å². The number of nitrogens with zero attached hydrogens (tertiary/aromatic N) is 2. The molecule has 2 aromatic heterocycles. The van der Waals surface area contributed by atoms with Crippen molar-refractivity contribution in [3.05, 3.63) is 69.1 Å². The van der Waals surface area contributed by atoms with Crippen molar-refractivity contribution in [3.8, 4) is 5.75 Å². The molecule has 4 rings (SSSR count). The van der Waals surface area contributed by atoms with Gasteiger partial charge in [0.2, 0.25) is 0 Å².